The van der Waals surface area contributed by atoms with Crippen molar-refractivity contribution in [1.82, 2.24) is 9.88 Å². The van der Waals surface area contributed by atoms with E-state index in [1.165, 1.54) is 30.5 Å². The van der Waals surface area contributed by atoms with E-state index in [1.807, 2.05) is 18.2 Å². The van der Waals surface area contributed by atoms with Crippen LogP contribution < -0.4 is 4.74 Å². The van der Waals surface area contributed by atoms with Gasteiger partial charge in [0.05, 0.1) is 12.1 Å². The molecule has 1 aromatic heterocycles. The standard InChI is InChI=1S/C20H27ClN2O.2ClH/c1-14(12-23(2)3)13-24-20-16-7-5-4-6-8-18(16)22-19-10-9-15(21)11-17(19)20;;/h9-11,14H,4-8,12-13H2,1-3H3;2*1H. The van der Waals surface area contributed by atoms with Crippen LogP contribution in [0.1, 0.15) is 37.4 Å². The summed E-state index contributed by atoms with van der Waals surface area (Å²) in [5, 5.41) is 1.80. The molecule has 6 heteroatoms. The Morgan fingerprint density at radius 3 is 2.62 bits per heavy atom. The molecule has 26 heavy (non-hydrogen) atoms. The zero-order chi connectivity index (χ0) is 17.1. The van der Waals surface area contributed by atoms with Gasteiger partial charge in [-0.3, -0.25) is 4.98 Å². The summed E-state index contributed by atoms with van der Waals surface area (Å²) in [7, 11) is 4.20. The fraction of sp³-hybridized carbons (Fsp3) is 0.550. The zero-order valence-corrected chi connectivity index (χ0v) is 18.1. The number of aromatic nitrogens is 1. The minimum atomic E-state index is 0. The highest BCUT2D eigenvalue weighted by molar-refractivity contribution is 6.31. The summed E-state index contributed by atoms with van der Waals surface area (Å²) in [5.74, 6) is 1.49. The zero-order valence-electron chi connectivity index (χ0n) is 15.8. The van der Waals surface area contributed by atoms with Crippen LogP contribution in [0.15, 0.2) is 18.2 Å². The molecular formula is C20H29Cl3N2O. The van der Waals surface area contributed by atoms with E-state index in [2.05, 4.69) is 25.9 Å². The molecule has 146 valence electrons. The quantitative estimate of drug-likeness (QED) is 0.592. The number of aryl methyl sites for hydroxylation is 1. The molecule has 0 radical (unpaired) electrons. The second-order valence-corrected chi connectivity index (χ2v) is 7.70. The molecule has 0 saturated heterocycles. The molecular weight excluding hydrogens is 391 g/mol. The van der Waals surface area contributed by atoms with E-state index < -0.39 is 0 Å². The van der Waals surface area contributed by atoms with Gasteiger partial charge in [0.15, 0.2) is 0 Å². The molecule has 2 aromatic rings. The maximum atomic E-state index is 6.37. The smallest absolute Gasteiger partial charge is 0.133 e. The molecule has 1 unspecified atom stereocenters. The highest BCUT2D eigenvalue weighted by Gasteiger charge is 2.19. The summed E-state index contributed by atoms with van der Waals surface area (Å²) in [6.45, 7) is 3.97. The highest BCUT2D eigenvalue weighted by Crippen LogP contribution is 2.36. The third-order valence-electron chi connectivity index (χ3n) is 4.61. The maximum Gasteiger partial charge on any atom is 0.133 e. The topological polar surface area (TPSA) is 25.4 Å². The SMILES string of the molecule is CC(COc1c2c(nc3ccc(Cl)cc13)CCCCC2)CN(C)C.Cl.Cl. The lowest BCUT2D eigenvalue weighted by Gasteiger charge is -2.21. The third-order valence-corrected chi connectivity index (χ3v) is 4.85. The molecule has 0 N–H and O–H groups in total. The second-order valence-electron chi connectivity index (χ2n) is 7.27. The Morgan fingerprint density at radius 1 is 1.15 bits per heavy atom. The molecule has 3 nitrogen and oxygen atoms in total. The monoisotopic (exact) mass is 418 g/mol. The van der Waals surface area contributed by atoms with E-state index in [9.17, 15) is 0 Å². The molecule has 0 amide bonds. The van der Waals surface area contributed by atoms with Gasteiger partial charge < -0.3 is 9.64 Å². The van der Waals surface area contributed by atoms with Gasteiger partial charge in [0.1, 0.15) is 5.75 Å². The summed E-state index contributed by atoms with van der Waals surface area (Å²) in [6, 6.07) is 5.93. The molecule has 1 aliphatic rings. The van der Waals surface area contributed by atoms with Crippen molar-refractivity contribution in [2.75, 3.05) is 27.2 Å². The van der Waals surface area contributed by atoms with Crippen LogP contribution in [0.2, 0.25) is 5.02 Å². The van der Waals surface area contributed by atoms with Crippen LogP contribution in [-0.2, 0) is 12.8 Å². The highest BCUT2D eigenvalue weighted by atomic mass is 35.5. The average Bonchev–Trinajstić information content (AvgIpc) is 2.76. The molecule has 0 bridgehead atoms. The van der Waals surface area contributed by atoms with E-state index in [0.717, 1.165) is 47.7 Å². The van der Waals surface area contributed by atoms with Crippen LogP contribution >= 0.6 is 36.4 Å². The normalized spacial score (nSPS) is 14.8. The largest absolute Gasteiger partial charge is 0.492 e. The third kappa shape index (κ3) is 5.63. The van der Waals surface area contributed by atoms with Crippen LogP contribution in [-0.4, -0.2) is 37.1 Å². The molecule has 1 aromatic carbocycles. The number of halogens is 3. The van der Waals surface area contributed by atoms with Crippen molar-refractivity contribution in [1.29, 1.82) is 0 Å². The van der Waals surface area contributed by atoms with Gasteiger partial charge in [-0.15, -0.1) is 24.8 Å². The van der Waals surface area contributed by atoms with Crippen LogP contribution in [0.3, 0.4) is 0 Å². The lowest BCUT2D eigenvalue weighted by Crippen LogP contribution is -2.24. The van der Waals surface area contributed by atoms with Gasteiger partial charge in [0, 0.05) is 34.1 Å². The van der Waals surface area contributed by atoms with Crippen molar-refractivity contribution >= 4 is 47.3 Å². The minimum Gasteiger partial charge on any atom is -0.492 e. The number of hydrogen-bond donors (Lipinski definition) is 0. The van der Waals surface area contributed by atoms with Crippen molar-refractivity contribution < 1.29 is 4.74 Å². The molecule has 0 saturated carbocycles. The van der Waals surface area contributed by atoms with Gasteiger partial charge in [-0.25, -0.2) is 0 Å². The van der Waals surface area contributed by atoms with Gasteiger partial charge in [-0.2, -0.15) is 0 Å². The average molecular weight is 420 g/mol. The van der Waals surface area contributed by atoms with Gasteiger partial charge in [0.25, 0.3) is 0 Å². The maximum absolute atomic E-state index is 6.37. The number of nitrogens with zero attached hydrogens (tertiary/aromatic N) is 2. The lowest BCUT2D eigenvalue weighted by atomic mass is 10.0. The van der Waals surface area contributed by atoms with Crippen molar-refractivity contribution in [3.8, 4) is 5.75 Å². The first-order valence-corrected chi connectivity index (χ1v) is 9.31. The Hall–Kier alpha value is -0.740. The van der Waals surface area contributed by atoms with Crippen molar-refractivity contribution in [3.05, 3.63) is 34.5 Å². The van der Waals surface area contributed by atoms with Crippen molar-refractivity contribution in [2.45, 2.75) is 39.0 Å². The van der Waals surface area contributed by atoms with E-state index in [0.29, 0.717) is 5.92 Å². The Morgan fingerprint density at radius 2 is 1.88 bits per heavy atom. The first-order chi connectivity index (χ1) is 11.5. The van der Waals surface area contributed by atoms with E-state index in [1.54, 1.807) is 0 Å². The number of pyridine rings is 1. The first kappa shape index (κ1) is 23.3. The Labute approximate surface area is 174 Å². The Kier molecular flexibility index (Phi) is 9.46. The number of rotatable bonds is 5. The molecule has 1 aliphatic carbocycles. The van der Waals surface area contributed by atoms with Crippen LogP contribution in [0, 0.1) is 5.92 Å². The fourth-order valence-electron chi connectivity index (χ4n) is 3.60. The van der Waals surface area contributed by atoms with E-state index in [-0.39, 0.29) is 24.8 Å². The van der Waals surface area contributed by atoms with Crippen LogP contribution in [0.4, 0.5) is 0 Å². The van der Waals surface area contributed by atoms with Gasteiger partial charge >= 0.3 is 0 Å². The van der Waals surface area contributed by atoms with Crippen LogP contribution in [0.25, 0.3) is 10.9 Å². The van der Waals surface area contributed by atoms with Gasteiger partial charge in [-0.1, -0.05) is 24.9 Å². The predicted octanol–water partition coefficient (Wildman–Crippen LogP) is 5.58. The van der Waals surface area contributed by atoms with Crippen LogP contribution in [0.5, 0.6) is 5.75 Å². The summed E-state index contributed by atoms with van der Waals surface area (Å²) < 4.78 is 6.37. The molecule has 1 atom stereocenters. The molecule has 0 spiro atoms. The number of fused-ring (bicyclic) bond motifs is 2. The van der Waals surface area contributed by atoms with E-state index in [4.69, 9.17) is 21.3 Å². The van der Waals surface area contributed by atoms with Gasteiger partial charge in [0.2, 0.25) is 0 Å². The predicted molar refractivity (Wildman–Crippen MR) is 116 cm³/mol. The Bertz CT molecular complexity index is 722. The van der Waals surface area contributed by atoms with E-state index >= 15 is 0 Å². The number of benzene rings is 1. The Balaban J connectivity index is 0.00000169. The van der Waals surface area contributed by atoms with Crippen molar-refractivity contribution in [2.24, 2.45) is 5.92 Å². The van der Waals surface area contributed by atoms with Crippen molar-refractivity contribution in [3.63, 3.8) is 0 Å². The second kappa shape index (κ2) is 10.6. The molecule has 3 rings (SSSR count). The molecule has 0 aliphatic heterocycles. The fourth-order valence-corrected chi connectivity index (χ4v) is 3.77. The summed E-state index contributed by atoms with van der Waals surface area (Å²) in [5.41, 5.74) is 3.52. The molecule has 0 fully saturated rings. The summed E-state index contributed by atoms with van der Waals surface area (Å²) >= 11 is 6.25. The molecule has 1 heterocycles. The van der Waals surface area contributed by atoms with Gasteiger partial charge in [-0.05, 0) is 58.0 Å². The minimum absolute atomic E-state index is 0. The summed E-state index contributed by atoms with van der Waals surface area (Å²) in [6.07, 6.45) is 5.81. The number of hydrogen-bond acceptors (Lipinski definition) is 3. The first-order valence-electron chi connectivity index (χ1n) is 8.93. The summed E-state index contributed by atoms with van der Waals surface area (Å²) in [4.78, 5) is 7.11. The lowest BCUT2D eigenvalue weighted by molar-refractivity contribution is 0.222. The number of ether oxygens (including phenoxy) is 1.